The van der Waals surface area contributed by atoms with Gasteiger partial charge in [-0.15, -0.1) is 0 Å². The average molecular weight is 253 g/mol. The number of carboxylic acid groups (broad SMARTS) is 1. The normalized spacial score (nSPS) is 11.8. The van der Waals surface area contributed by atoms with Gasteiger partial charge in [0.1, 0.15) is 0 Å². The second-order valence-corrected chi connectivity index (χ2v) is 4.43. The van der Waals surface area contributed by atoms with Gasteiger partial charge in [0.2, 0.25) is 0 Å². The molecule has 0 spiro atoms. The smallest absolute Gasteiger partial charge is 0.310 e. The average Bonchev–Trinajstić information content (AvgIpc) is 2.46. The number of rotatable bonds is 4. The molecular formula is C16H15NO2. The van der Waals surface area contributed by atoms with Crippen molar-refractivity contribution in [1.82, 2.24) is 0 Å². The van der Waals surface area contributed by atoms with Gasteiger partial charge in [-0.1, -0.05) is 48.5 Å². The predicted molar refractivity (Wildman–Crippen MR) is 74.9 cm³/mol. The summed E-state index contributed by atoms with van der Waals surface area (Å²) in [6.07, 6.45) is 0. The highest BCUT2D eigenvalue weighted by Crippen LogP contribution is 2.18. The third-order valence-corrected chi connectivity index (χ3v) is 3.11. The minimum Gasteiger partial charge on any atom is -0.481 e. The third kappa shape index (κ3) is 2.88. The molecule has 0 saturated carbocycles. The number of carboxylic acids is 1. The number of hydrogen-bond donors (Lipinski definition) is 2. The number of nitrogens with one attached hydrogen (secondary N) is 1. The SMILES string of the molecule is CC(C(=O)O)c1cccc(C(=N)c2ccccc2)c1. The molecule has 0 aliphatic carbocycles. The fraction of sp³-hybridized carbons (Fsp3) is 0.125. The largest absolute Gasteiger partial charge is 0.481 e. The Kier molecular flexibility index (Phi) is 3.76. The van der Waals surface area contributed by atoms with Crippen molar-refractivity contribution < 1.29 is 9.90 Å². The lowest BCUT2D eigenvalue weighted by molar-refractivity contribution is -0.138. The zero-order chi connectivity index (χ0) is 13.8. The first-order valence-electron chi connectivity index (χ1n) is 6.06. The van der Waals surface area contributed by atoms with Gasteiger partial charge in [-0.3, -0.25) is 10.2 Å². The summed E-state index contributed by atoms with van der Waals surface area (Å²) in [5.74, 6) is -1.42. The molecule has 0 radical (unpaired) electrons. The molecular weight excluding hydrogens is 238 g/mol. The molecule has 2 N–H and O–H groups in total. The van der Waals surface area contributed by atoms with Crippen LogP contribution in [0.15, 0.2) is 54.6 Å². The van der Waals surface area contributed by atoms with Crippen molar-refractivity contribution in [3.63, 3.8) is 0 Å². The van der Waals surface area contributed by atoms with Gasteiger partial charge in [0.25, 0.3) is 0 Å². The molecule has 3 nitrogen and oxygen atoms in total. The van der Waals surface area contributed by atoms with Crippen LogP contribution in [0.5, 0.6) is 0 Å². The standard InChI is InChI=1S/C16H15NO2/c1-11(16(18)19)13-8-5-9-14(10-13)15(17)12-6-3-2-4-7-12/h2-11,17H,1H3,(H,18,19). The molecule has 0 aliphatic heterocycles. The minimum absolute atomic E-state index is 0.403. The maximum absolute atomic E-state index is 11.0. The lowest BCUT2D eigenvalue weighted by Gasteiger charge is -2.10. The zero-order valence-electron chi connectivity index (χ0n) is 10.6. The summed E-state index contributed by atoms with van der Waals surface area (Å²) < 4.78 is 0. The summed E-state index contributed by atoms with van der Waals surface area (Å²) in [6.45, 7) is 1.65. The first-order valence-corrected chi connectivity index (χ1v) is 6.06. The maximum Gasteiger partial charge on any atom is 0.310 e. The Labute approximate surface area is 112 Å². The van der Waals surface area contributed by atoms with E-state index in [1.807, 2.05) is 36.4 Å². The molecule has 0 aromatic heterocycles. The molecule has 0 heterocycles. The monoisotopic (exact) mass is 253 g/mol. The molecule has 2 aromatic carbocycles. The zero-order valence-corrected chi connectivity index (χ0v) is 10.6. The first kappa shape index (κ1) is 13.0. The van der Waals surface area contributed by atoms with Crippen LogP contribution in [0.2, 0.25) is 0 Å². The van der Waals surface area contributed by atoms with Gasteiger partial charge in [0.05, 0.1) is 11.6 Å². The highest BCUT2D eigenvalue weighted by atomic mass is 16.4. The van der Waals surface area contributed by atoms with Crippen LogP contribution < -0.4 is 0 Å². The van der Waals surface area contributed by atoms with E-state index in [2.05, 4.69) is 0 Å². The maximum atomic E-state index is 11.0. The van der Waals surface area contributed by atoms with Crippen LogP contribution in [0, 0.1) is 5.41 Å². The van der Waals surface area contributed by atoms with E-state index in [0.29, 0.717) is 11.3 Å². The van der Waals surface area contributed by atoms with Gasteiger partial charge in [0.15, 0.2) is 0 Å². The number of carbonyl (C=O) groups is 1. The van der Waals surface area contributed by atoms with Gasteiger partial charge in [-0.05, 0) is 24.1 Å². The molecule has 1 unspecified atom stereocenters. The van der Waals surface area contributed by atoms with Gasteiger partial charge in [-0.2, -0.15) is 0 Å². The molecule has 96 valence electrons. The fourth-order valence-electron chi connectivity index (χ4n) is 1.88. The van der Waals surface area contributed by atoms with Gasteiger partial charge < -0.3 is 5.11 Å². The van der Waals surface area contributed by atoms with E-state index in [1.165, 1.54) is 0 Å². The Bertz CT molecular complexity index is 605. The number of hydrogen-bond acceptors (Lipinski definition) is 2. The molecule has 0 fully saturated rings. The number of benzene rings is 2. The van der Waals surface area contributed by atoms with Crippen molar-refractivity contribution in [1.29, 1.82) is 5.41 Å². The Morgan fingerprint density at radius 3 is 2.32 bits per heavy atom. The lowest BCUT2D eigenvalue weighted by atomic mass is 9.95. The van der Waals surface area contributed by atoms with Crippen molar-refractivity contribution in [3.8, 4) is 0 Å². The highest BCUT2D eigenvalue weighted by molar-refractivity contribution is 6.10. The van der Waals surface area contributed by atoms with E-state index in [-0.39, 0.29) is 0 Å². The molecule has 19 heavy (non-hydrogen) atoms. The van der Waals surface area contributed by atoms with Crippen LogP contribution in [-0.2, 0) is 4.79 Å². The topological polar surface area (TPSA) is 61.1 Å². The summed E-state index contributed by atoms with van der Waals surface area (Å²) in [5, 5.41) is 17.2. The molecule has 0 saturated heterocycles. The van der Waals surface area contributed by atoms with Crippen molar-refractivity contribution in [2.45, 2.75) is 12.8 Å². The Morgan fingerprint density at radius 1 is 1.05 bits per heavy atom. The number of aliphatic carboxylic acids is 1. The van der Waals surface area contributed by atoms with E-state index in [1.54, 1.807) is 25.1 Å². The van der Waals surface area contributed by atoms with Crippen LogP contribution in [0.25, 0.3) is 0 Å². The molecule has 3 heteroatoms. The van der Waals surface area contributed by atoms with Gasteiger partial charge >= 0.3 is 5.97 Å². The van der Waals surface area contributed by atoms with E-state index < -0.39 is 11.9 Å². The Balaban J connectivity index is 2.34. The van der Waals surface area contributed by atoms with Gasteiger partial charge in [-0.25, -0.2) is 0 Å². The van der Waals surface area contributed by atoms with E-state index in [9.17, 15) is 4.79 Å². The van der Waals surface area contributed by atoms with Crippen LogP contribution in [-0.4, -0.2) is 16.8 Å². The molecule has 0 aliphatic rings. The quantitative estimate of drug-likeness (QED) is 0.821. The summed E-state index contributed by atoms with van der Waals surface area (Å²) >= 11 is 0. The molecule has 1 atom stereocenters. The predicted octanol–water partition coefficient (Wildman–Crippen LogP) is 3.29. The molecule has 0 amide bonds. The molecule has 0 bridgehead atoms. The molecule has 2 aromatic rings. The summed E-state index contributed by atoms with van der Waals surface area (Å²) in [5.41, 5.74) is 2.67. The third-order valence-electron chi connectivity index (χ3n) is 3.11. The Morgan fingerprint density at radius 2 is 1.68 bits per heavy atom. The van der Waals surface area contributed by atoms with Crippen molar-refractivity contribution in [2.75, 3.05) is 0 Å². The van der Waals surface area contributed by atoms with Crippen LogP contribution in [0.4, 0.5) is 0 Å². The van der Waals surface area contributed by atoms with Crippen LogP contribution >= 0.6 is 0 Å². The fourth-order valence-corrected chi connectivity index (χ4v) is 1.88. The molecule has 2 rings (SSSR count). The first-order chi connectivity index (χ1) is 9.09. The van der Waals surface area contributed by atoms with Crippen molar-refractivity contribution in [3.05, 3.63) is 71.3 Å². The summed E-state index contributed by atoms with van der Waals surface area (Å²) in [6, 6.07) is 16.6. The summed E-state index contributed by atoms with van der Waals surface area (Å²) in [7, 11) is 0. The minimum atomic E-state index is -0.858. The Hall–Kier alpha value is -2.42. The van der Waals surface area contributed by atoms with Gasteiger partial charge in [0, 0.05) is 5.56 Å². The highest BCUT2D eigenvalue weighted by Gasteiger charge is 2.14. The van der Waals surface area contributed by atoms with E-state index in [0.717, 1.165) is 11.1 Å². The van der Waals surface area contributed by atoms with E-state index >= 15 is 0 Å². The van der Waals surface area contributed by atoms with Crippen LogP contribution in [0.1, 0.15) is 29.5 Å². The lowest BCUT2D eigenvalue weighted by Crippen LogP contribution is -2.09. The van der Waals surface area contributed by atoms with E-state index in [4.69, 9.17) is 10.5 Å². The van der Waals surface area contributed by atoms with Crippen molar-refractivity contribution in [2.24, 2.45) is 0 Å². The second kappa shape index (κ2) is 5.48. The van der Waals surface area contributed by atoms with Crippen molar-refractivity contribution >= 4 is 11.7 Å². The summed E-state index contributed by atoms with van der Waals surface area (Å²) in [4.78, 5) is 11.0. The van der Waals surface area contributed by atoms with Crippen LogP contribution in [0.3, 0.4) is 0 Å². The second-order valence-electron chi connectivity index (χ2n) is 4.43.